The third-order valence-corrected chi connectivity index (χ3v) is 4.33. The number of amides is 2. The maximum absolute atomic E-state index is 12.6. The maximum Gasteiger partial charge on any atom is 0.245 e. The van der Waals surface area contributed by atoms with Gasteiger partial charge in [0.1, 0.15) is 12.7 Å². The highest BCUT2D eigenvalue weighted by Crippen LogP contribution is 2.29. The first-order valence-corrected chi connectivity index (χ1v) is 7.29. The largest absolute Gasteiger partial charge is 0.344 e. The SMILES string of the molecule is CC1CC(=O)NC(C2CCCCC2)C(=O)N1CCF. The van der Waals surface area contributed by atoms with Crippen molar-refractivity contribution in [3.05, 3.63) is 0 Å². The minimum absolute atomic E-state index is 0.0854. The Morgan fingerprint density at radius 3 is 2.58 bits per heavy atom. The zero-order valence-corrected chi connectivity index (χ0v) is 11.5. The summed E-state index contributed by atoms with van der Waals surface area (Å²) in [5, 5.41) is 2.86. The van der Waals surface area contributed by atoms with Crippen LogP contribution in [-0.4, -0.2) is 42.0 Å². The van der Waals surface area contributed by atoms with Gasteiger partial charge >= 0.3 is 0 Å². The van der Waals surface area contributed by atoms with Gasteiger partial charge < -0.3 is 10.2 Å². The molecular weight excluding hydrogens is 247 g/mol. The lowest BCUT2D eigenvalue weighted by Gasteiger charge is -2.33. The highest BCUT2D eigenvalue weighted by atomic mass is 19.1. The molecular formula is C14H23FN2O2. The van der Waals surface area contributed by atoms with E-state index in [1.54, 1.807) is 0 Å². The van der Waals surface area contributed by atoms with Crippen LogP contribution in [0.3, 0.4) is 0 Å². The van der Waals surface area contributed by atoms with E-state index >= 15 is 0 Å². The third-order valence-electron chi connectivity index (χ3n) is 4.33. The van der Waals surface area contributed by atoms with Gasteiger partial charge in [-0.15, -0.1) is 0 Å². The van der Waals surface area contributed by atoms with Gasteiger partial charge in [0.15, 0.2) is 0 Å². The van der Waals surface area contributed by atoms with Crippen molar-refractivity contribution in [3.63, 3.8) is 0 Å². The van der Waals surface area contributed by atoms with Crippen LogP contribution >= 0.6 is 0 Å². The van der Waals surface area contributed by atoms with Crippen molar-refractivity contribution in [2.24, 2.45) is 5.92 Å². The monoisotopic (exact) mass is 270 g/mol. The van der Waals surface area contributed by atoms with Gasteiger partial charge in [-0.25, -0.2) is 4.39 Å². The van der Waals surface area contributed by atoms with Crippen LogP contribution in [0.25, 0.3) is 0 Å². The number of hydrogen-bond acceptors (Lipinski definition) is 2. The molecule has 1 saturated carbocycles. The molecule has 0 bridgehead atoms. The number of nitrogens with zero attached hydrogens (tertiary/aromatic N) is 1. The van der Waals surface area contributed by atoms with Gasteiger partial charge in [-0.3, -0.25) is 9.59 Å². The van der Waals surface area contributed by atoms with Gasteiger partial charge in [-0.05, 0) is 25.7 Å². The average molecular weight is 270 g/mol. The van der Waals surface area contributed by atoms with E-state index in [1.807, 2.05) is 6.92 Å². The first-order chi connectivity index (χ1) is 9.13. The van der Waals surface area contributed by atoms with E-state index in [1.165, 1.54) is 11.3 Å². The summed E-state index contributed by atoms with van der Waals surface area (Å²) >= 11 is 0. The van der Waals surface area contributed by atoms with Gasteiger partial charge in [-0.2, -0.15) is 0 Å². The maximum atomic E-state index is 12.6. The Kier molecular flexibility index (Phi) is 4.77. The summed E-state index contributed by atoms with van der Waals surface area (Å²) in [5.74, 6) is 0.0401. The van der Waals surface area contributed by atoms with E-state index in [2.05, 4.69) is 5.32 Å². The molecule has 1 aliphatic carbocycles. The second kappa shape index (κ2) is 6.35. The van der Waals surface area contributed by atoms with Crippen molar-refractivity contribution in [1.29, 1.82) is 0 Å². The Balaban J connectivity index is 2.15. The number of carbonyl (C=O) groups is 2. The molecule has 2 aliphatic rings. The Morgan fingerprint density at radius 2 is 1.95 bits per heavy atom. The van der Waals surface area contributed by atoms with Crippen molar-refractivity contribution >= 4 is 11.8 Å². The molecule has 0 aromatic rings. The predicted molar refractivity (Wildman–Crippen MR) is 70.3 cm³/mol. The van der Waals surface area contributed by atoms with E-state index in [0.29, 0.717) is 0 Å². The fourth-order valence-corrected chi connectivity index (χ4v) is 3.28. The number of carbonyl (C=O) groups excluding carboxylic acids is 2. The van der Waals surface area contributed by atoms with E-state index in [0.717, 1.165) is 25.7 Å². The first kappa shape index (κ1) is 14.3. The molecule has 1 aliphatic heterocycles. The lowest BCUT2D eigenvalue weighted by atomic mass is 9.83. The molecule has 4 nitrogen and oxygen atoms in total. The molecule has 1 heterocycles. The Hall–Kier alpha value is -1.13. The van der Waals surface area contributed by atoms with Gasteiger partial charge in [0, 0.05) is 19.0 Å². The molecule has 2 atom stereocenters. The number of halogens is 1. The minimum Gasteiger partial charge on any atom is -0.344 e. The van der Waals surface area contributed by atoms with Crippen LogP contribution in [0, 0.1) is 5.92 Å². The molecule has 1 saturated heterocycles. The number of hydrogen-bond donors (Lipinski definition) is 1. The molecule has 2 amide bonds. The first-order valence-electron chi connectivity index (χ1n) is 7.29. The van der Waals surface area contributed by atoms with E-state index < -0.39 is 12.7 Å². The summed E-state index contributed by atoms with van der Waals surface area (Å²) in [5.41, 5.74) is 0. The molecule has 0 aromatic carbocycles. The van der Waals surface area contributed by atoms with Crippen molar-refractivity contribution in [3.8, 4) is 0 Å². The number of alkyl halides is 1. The molecule has 2 unspecified atom stereocenters. The zero-order valence-electron chi connectivity index (χ0n) is 11.5. The lowest BCUT2D eigenvalue weighted by Crippen LogP contribution is -2.51. The zero-order chi connectivity index (χ0) is 13.8. The van der Waals surface area contributed by atoms with Crippen molar-refractivity contribution in [2.45, 2.75) is 57.5 Å². The summed E-state index contributed by atoms with van der Waals surface area (Å²) in [6, 6.07) is -0.652. The van der Waals surface area contributed by atoms with Crippen LogP contribution in [0.5, 0.6) is 0 Å². The van der Waals surface area contributed by atoms with Crippen LogP contribution < -0.4 is 5.32 Å². The Bertz CT molecular complexity index is 342. The molecule has 2 rings (SSSR count). The van der Waals surface area contributed by atoms with E-state index in [-0.39, 0.29) is 36.7 Å². The summed E-state index contributed by atoms with van der Waals surface area (Å²) in [4.78, 5) is 25.9. The molecule has 19 heavy (non-hydrogen) atoms. The highest BCUT2D eigenvalue weighted by Gasteiger charge is 2.38. The van der Waals surface area contributed by atoms with Crippen LogP contribution in [0.4, 0.5) is 4.39 Å². The summed E-state index contributed by atoms with van der Waals surface area (Å²) in [6.07, 6.45) is 5.67. The van der Waals surface area contributed by atoms with Gasteiger partial charge in [-0.1, -0.05) is 19.3 Å². The topological polar surface area (TPSA) is 49.4 Å². The van der Waals surface area contributed by atoms with Crippen LogP contribution in [0.1, 0.15) is 45.4 Å². The van der Waals surface area contributed by atoms with E-state index in [9.17, 15) is 14.0 Å². The summed E-state index contributed by atoms with van der Waals surface area (Å²) < 4.78 is 12.6. The van der Waals surface area contributed by atoms with Crippen LogP contribution in [-0.2, 0) is 9.59 Å². The molecule has 0 radical (unpaired) electrons. The predicted octanol–water partition coefficient (Wildman–Crippen LogP) is 1.64. The van der Waals surface area contributed by atoms with Gasteiger partial charge in [0.25, 0.3) is 0 Å². The van der Waals surface area contributed by atoms with E-state index in [4.69, 9.17) is 0 Å². The molecule has 108 valence electrons. The molecule has 5 heteroatoms. The molecule has 1 N–H and O–H groups in total. The van der Waals surface area contributed by atoms with Gasteiger partial charge in [0.05, 0.1) is 0 Å². The third kappa shape index (κ3) is 3.25. The van der Waals surface area contributed by atoms with Gasteiger partial charge in [0.2, 0.25) is 11.8 Å². The fourth-order valence-electron chi connectivity index (χ4n) is 3.28. The lowest BCUT2D eigenvalue weighted by molar-refractivity contribution is -0.136. The second-order valence-corrected chi connectivity index (χ2v) is 5.72. The highest BCUT2D eigenvalue weighted by molar-refractivity contribution is 5.90. The smallest absolute Gasteiger partial charge is 0.245 e. The van der Waals surface area contributed by atoms with Crippen molar-refractivity contribution in [1.82, 2.24) is 10.2 Å². The van der Waals surface area contributed by atoms with Crippen molar-refractivity contribution < 1.29 is 14.0 Å². The Morgan fingerprint density at radius 1 is 1.26 bits per heavy atom. The summed E-state index contributed by atoms with van der Waals surface area (Å²) in [7, 11) is 0. The number of rotatable bonds is 3. The molecule has 0 spiro atoms. The number of nitrogens with one attached hydrogen (secondary N) is 1. The van der Waals surface area contributed by atoms with Crippen molar-refractivity contribution in [2.75, 3.05) is 13.2 Å². The quantitative estimate of drug-likeness (QED) is 0.847. The standard InChI is InChI=1S/C14H23FN2O2/c1-10-9-12(18)16-13(11-5-3-2-4-6-11)14(19)17(10)8-7-15/h10-11,13H,2-9H2,1H3,(H,16,18). The van der Waals surface area contributed by atoms with Crippen LogP contribution in [0.2, 0.25) is 0 Å². The Labute approximate surface area is 113 Å². The molecule has 0 aromatic heterocycles. The normalized spacial score (nSPS) is 30.1. The summed E-state index contributed by atoms with van der Waals surface area (Å²) in [6.45, 7) is 1.36. The second-order valence-electron chi connectivity index (χ2n) is 5.72. The average Bonchev–Trinajstić information content (AvgIpc) is 2.51. The minimum atomic E-state index is -0.554. The molecule has 2 fully saturated rings. The fraction of sp³-hybridized carbons (Fsp3) is 0.857. The van der Waals surface area contributed by atoms with Crippen LogP contribution in [0.15, 0.2) is 0 Å².